The Kier molecular flexibility index (Phi) is 2.71. The molecule has 1 heterocycles. The average Bonchev–Trinajstić information content (AvgIpc) is 1.93. The second-order valence-corrected chi connectivity index (χ2v) is 4.69. The third-order valence-electron chi connectivity index (χ3n) is 1.54. The molecule has 0 aliphatic rings. The van der Waals surface area contributed by atoms with Crippen LogP contribution in [-0.4, -0.2) is 9.55 Å². The van der Waals surface area contributed by atoms with E-state index in [1.165, 1.54) is 6.07 Å². The quantitative estimate of drug-likeness (QED) is 0.700. The minimum Gasteiger partial charge on any atom is -0.325 e. The lowest BCUT2D eigenvalue weighted by atomic mass is 9.97. The van der Waals surface area contributed by atoms with E-state index in [1.807, 2.05) is 4.57 Å². The van der Waals surface area contributed by atoms with Crippen molar-refractivity contribution in [2.45, 2.75) is 27.3 Å². The average molecular weight is 198 g/mol. The van der Waals surface area contributed by atoms with Gasteiger partial charge in [0.1, 0.15) is 0 Å². The summed E-state index contributed by atoms with van der Waals surface area (Å²) in [6, 6.07) is 1.49. The summed E-state index contributed by atoms with van der Waals surface area (Å²) in [4.78, 5) is 13.5. The number of aromatic amines is 1. The number of aromatic nitrogens is 2. The standard InChI is InChI=1S/C9H14N2OS/c1-9(2,3)6-11-5-4-7(12)10-8(11)13/h4-5H,6H2,1-3H3,(H,10,12,13). The molecule has 0 unspecified atom stereocenters. The minimum atomic E-state index is -0.143. The van der Waals surface area contributed by atoms with E-state index in [4.69, 9.17) is 12.2 Å². The van der Waals surface area contributed by atoms with Crippen LogP contribution in [0.5, 0.6) is 0 Å². The normalized spacial score (nSPS) is 11.6. The number of H-pyrrole nitrogens is 1. The van der Waals surface area contributed by atoms with Gasteiger partial charge in [-0.1, -0.05) is 20.8 Å². The monoisotopic (exact) mass is 198 g/mol. The van der Waals surface area contributed by atoms with Gasteiger partial charge in [0.2, 0.25) is 0 Å². The van der Waals surface area contributed by atoms with Crippen LogP contribution in [0.2, 0.25) is 0 Å². The first-order valence-corrected chi connectivity index (χ1v) is 4.59. The van der Waals surface area contributed by atoms with Crippen LogP contribution in [0.3, 0.4) is 0 Å². The van der Waals surface area contributed by atoms with Gasteiger partial charge in [-0.15, -0.1) is 0 Å². The minimum absolute atomic E-state index is 0.143. The number of rotatable bonds is 1. The first kappa shape index (κ1) is 10.2. The maximum absolute atomic E-state index is 10.9. The van der Waals surface area contributed by atoms with Crippen molar-refractivity contribution in [3.63, 3.8) is 0 Å². The molecule has 0 radical (unpaired) electrons. The summed E-state index contributed by atoms with van der Waals surface area (Å²) in [5, 5.41) is 0. The molecule has 4 heteroatoms. The first-order chi connectivity index (χ1) is 5.88. The van der Waals surface area contributed by atoms with Crippen LogP contribution in [0.25, 0.3) is 0 Å². The summed E-state index contributed by atoms with van der Waals surface area (Å²) >= 11 is 5.01. The molecule has 0 aliphatic carbocycles. The van der Waals surface area contributed by atoms with Gasteiger partial charge in [-0.05, 0) is 17.6 Å². The topological polar surface area (TPSA) is 37.8 Å². The van der Waals surface area contributed by atoms with Gasteiger partial charge in [0.15, 0.2) is 4.77 Å². The van der Waals surface area contributed by atoms with Crippen LogP contribution >= 0.6 is 12.2 Å². The third kappa shape index (κ3) is 3.14. The molecule has 1 rings (SSSR count). The van der Waals surface area contributed by atoms with Crippen molar-refractivity contribution < 1.29 is 0 Å². The smallest absolute Gasteiger partial charge is 0.251 e. The lowest BCUT2D eigenvalue weighted by molar-refractivity contribution is 0.338. The highest BCUT2D eigenvalue weighted by Gasteiger charge is 2.10. The van der Waals surface area contributed by atoms with Crippen molar-refractivity contribution in [1.82, 2.24) is 9.55 Å². The molecular formula is C9H14N2OS. The van der Waals surface area contributed by atoms with Gasteiger partial charge in [0, 0.05) is 18.8 Å². The Morgan fingerprint density at radius 2 is 2.15 bits per heavy atom. The largest absolute Gasteiger partial charge is 0.325 e. The zero-order valence-corrected chi connectivity index (χ0v) is 8.94. The maximum atomic E-state index is 10.9. The lowest BCUT2D eigenvalue weighted by Gasteiger charge is -2.19. The van der Waals surface area contributed by atoms with Gasteiger partial charge < -0.3 is 4.57 Å². The van der Waals surface area contributed by atoms with Gasteiger partial charge >= 0.3 is 0 Å². The van der Waals surface area contributed by atoms with E-state index >= 15 is 0 Å². The predicted octanol–water partition coefficient (Wildman–Crippen LogP) is 1.95. The fourth-order valence-electron chi connectivity index (χ4n) is 1.08. The van der Waals surface area contributed by atoms with Crippen molar-refractivity contribution in [3.8, 4) is 0 Å². The summed E-state index contributed by atoms with van der Waals surface area (Å²) in [5.41, 5.74) is 0.0198. The van der Waals surface area contributed by atoms with Gasteiger partial charge in [0.25, 0.3) is 5.56 Å². The zero-order chi connectivity index (χ0) is 10.1. The molecule has 13 heavy (non-hydrogen) atoms. The molecule has 0 amide bonds. The highest BCUT2D eigenvalue weighted by atomic mass is 32.1. The number of nitrogens with zero attached hydrogens (tertiary/aromatic N) is 1. The van der Waals surface area contributed by atoms with E-state index in [0.29, 0.717) is 4.77 Å². The van der Waals surface area contributed by atoms with Gasteiger partial charge in [0.05, 0.1) is 0 Å². The number of hydrogen-bond acceptors (Lipinski definition) is 2. The summed E-state index contributed by atoms with van der Waals surface area (Å²) in [5.74, 6) is 0. The number of nitrogens with one attached hydrogen (secondary N) is 1. The van der Waals surface area contributed by atoms with E-state index in [0.717, 1.165) is 6.54 Å². The highest BCUT2D eigenvalue weighted by Crippen LogP contribution is 2.15. The Morgan fingerprint density at radius 3 is 2.62 bits per heavy atom. The molecule has 0 aliphatic heterocycles. The summed E-state index contributed by atoms with van der Waals surface area (Å²) in [6.07, 6.45) is 1.73. The maximum Gasteiger partial charge on any atom is 0.251 e. The van der Waals surface area contributed by atoms with E-state index in [2.05, 4.69) is 25.8 Å². The summed E-state index contributed by atoms with van der Waals surface area (Å²) < 4.78 is 2.36. The van der Waals surface area contributed by atoms with Crippen molar-refractivity contribution in [2.75, 3.05) is 0 Å². The Labute approximate surface area is 82.4 Å². The van der Waals surface area contributed by atoms with Gasteiger partial charge in [-0.2, -0.15) is 0 Å². The highest BCUT2D eigenvalue weighted by molar-refractivity contribution is 7.71. The molecule has 0 bridgehead atoms. The zero-order valence-electron chi connectivity index (χ0n) is 8.13. The van der Waals surface area contributed by atoms with Crippen molar-refractivity contribution in [2.24, 2.45) is 5.41 Å². The molecule has 1 aromatic heterocycles. The van der Waals surface area contributed by atoms with E-state index in [-0.39, 0.29) is 11.0 Å². The van der Waals surface area contributed by atoms with Crippen LogP contribution in [0.1, 0.15) is 20.8 Å². The third-order valence-corrected chi connectivity index (χ3v) is 1.88. The fraction of sp³-hybridized carbons (Fsp3) is 0.556. The molecule has 0 saturated heterocycles. The Hall–Kier alpha value is -0.900. The molecule has 0 fully saturated rings. The first-order valence-electron chi connectivity index (χ1n) is 4.18. The van der Waals surface area contributed by atoms with Crippen LogP contribution in [0, 0.1) is 10.2 Å². The Balaban J connectivity index is 3.04. The molecule has 1 aromatic rings. The van der Waals surface area contributed by atoms with Crippen molar-refractivity contribution in [1.29, 1.82) is 0 Å². The molecule has 0 atom stereocenters. The van der Waals surface area contributed by atoms with Crippen LogP contribution in [0.4, 0.5) is 0 Å². The fourth-order valence-corrected chi connectivity index (χ4v) is 1.31. The Bertz CT molecular complexity index is 397. The van der Waals surface area contributed by atoms with E-state index in [1.54, 1.807) is 6.20 Å². The van der Waals surface area contributed by atoms with Crippen LogP contribution < -0.4 is 5.56 Å². The van der Waals surface area contributed by atoms with Crippen molar-refractivity contribution in [3.05, 3.63) is 27.4 Å². The second kappa shape index (κ2) is 3.46. The summed E-state index contributed by atoms with van der Waals surface area (Å²) in [6.45, 7) is 7.18. The molecule has 3 nitrogen and oxygen atoms in total. The van der Waals surface area contributed by atoms with E-state index < -0.39 is 0 Å². The summed E-state index contributed by atoms with van der Waals surface area (Å²) in [7, 11) is 0. The molecule has 0 saturated carbocycles. The Morgan fingerprint density at radius 1 is 1.54 bits per heavy atom. The number of hydrogen-bond donors (Lipinski definition) is 1. The van der Waals surface area contributed by atoms with E-state index in [9.17, 15) is 4.79 Å². The van der Waals surface area contributed by atoms with Crippen molar-refractivity contribution >= 4 is 12.2 Å². The second-order valence-electron chi connectivity index (χ2n) is 4.30. The van der Waals surface area contributed by atoms with Crippen LogP contribution in [-0.2, 0) is 6.54 Å². The SMILES string of the molecule is CC(C)(C)Cn1ccc(=O)[nH]c1=S. The molecular weight excluding hydrogens is 184 g/mol. The van der Waals surface area contributed by atoms with Gasteiger partial charge in [-0.25, -0.2) is 0 Å². The van der Waals surface area contributed by atoms with Crippen LogP contribution in [0.15, 0.2) is 17.1 Å². The molecule has 72 valence electrons. The molecule has 0 aromatic carbocycles. The lowest BCUT2D eigenvalue weighted by Crippen LogP contribution is -2.19. The molecule has 0 spiro atoms. The molecule has 1 N–H and O–H groups in total. The van der Waals surface area contributed by atoms with Gasteiger partial charge in [-0.3, -0.25) is 9.78 Å². The predicted molar refractivity (Wildman–Crippen MR) is 55.3 cm³/mol.